The molecule has 1 aromatic heterocycles. The quantitative estimate of drug-likeness (QED) is 0.0818. The number of hydrogen-bond donors (Lipinski definition) is 5. The maximum absolute atomic E-state index is 15.2. The van der Waals surface area contributed by atoms with Crippen molar-refractivity contribution >= 4 is 35.6 Å². The minimum absolute atomic E-state index is 0.0108. The highest BCUT2D eigenvalue weighted by Crippen LogP contribution is 2.39. The Morgan fingerprint density at radius 2 is 1.70 bits per heavy atom. The lowest BCUT2D eigenvalue weighted by Crippen LogP contribution is -2.84. The molecule has 61 heavy (non-hydrogen) atoms. The summed E-state index contributed by atoms with van der Waals surface area (Å²) in [6.45, 7) is 9.87. The highest BCUT2D eigenvalue weighted by atomic mass is 19.1. The lowest BCUT2D eigenvalue weighted by Gasteiger charge is -2.40. The Hall–Kier alpha value is -5.97. The first-order valence-corrected chi connectivity index (χ1v) is 20.4. The van der Waals surface area contributed by atoms with E-state index in [2.05, 4.69) is 15.6 Å². The third kappa shape index (κ3) is 12.1. The van der Waals surface area contributed by atoms with Crippen molar-refractivity contribution in [1.29, 1.82) is 0 Å². The molecular formula is C44H56F2N7O8+. The highest BCUT2D eigenvalue weighted by molar-refractivity contribution is 6.12. The van der Waals surface area contributed by atoms with Crippen molar-refractivity contribution in [3.63, 3.8) is 0 Å². The van der Waals surface area contributed by atoms with E-state index in [9.17, 15) is 38.6 Å². The van der Waals surface area contributed by atoms with Gasteiger partial charge in [-0.1, -0.05) is 57.5 Å². The molecule has 2 aliphatic rings. The second-order valence-electron chi connectivity index (χ2n) is 17.3. The van der Waals surface area contributed by atoms with Crippen molar-refractivity contribution in [2.75, 3.05) is 26.2 Å². The average molecular weight is 849 g/mol. The lowest BCUT2D eigenvalue weighted by molar-refractivity contribution is -0.510. The summed E-state index contributed by atoms with van der Waals surface area (Å²) in [6.07, 6.45) is 4.69. The first-order chi connectivity index (χ1) is 28.7. The number of nitrogens with zero attached hydrogens (tertiary/aromatic N) is 4. The first-order valence-electron chi connectivity index (χ1n) is 20.4. The van der Waals surface area contributed by atoms with Crippen LogP contribution in [0.5, 0.6) is 0 Å². The zero-order valence-electron chi connectivity index (χ0n) is 35.4. The number of carbonyl (C=O) groups excluding carboxylic acids is 5. The normalized spacial score (nSPS) is 18.0. The third-order valence-electron chi connectivity index (χ3n) is 10.4. The smallest absolute Gasteiger partial charge is 0.430 e. The van der Waals surface area contributed by atoms with E-state index < -0.39 is 83.0 Å². The van der Waals surface area contributed by atoms with Gasteiger partial charge < -0.3 is 35.1 Å². The monoisotopic (exact) mass is 848 g/mol. The Morgan fingerprint density at radius 3 is 2.34 bits per heavy atom. The van der Waals surface area contributed by atoms with E-state index in [4.69, 9.17) is 9.72 Å². The molecule has 5 rings (SSSR count). The molecule has 2 heterocycles. The van der Waals surface area contributed by atoms with E-state index in [0.29, 0.717) is 25.1 Å². The van der Waals surface area contributed by atoms with E-state index >= 15 is 4.39 Å². The second kappa shape index (κ2) is 19.6. The molecule has 0 unspecified atom stereocenters. The molecule has 1 fully saturated rings. The van der Waals surface area contributed by atoms with Gasteiger partial charge in [0.2, 0.25) is 17.9 Å². The molecule has 0 bridgehead atoms. The number of amides is 5. The van der Waals surface area contributed by atoms with Crippen LogP contribution in [0.4, 0.5) is 8.78 Å². The molecule has 3 aromatic rings. The Balaban J connectivity index is 1.44. The number of carbonyl (C=O) groups is 5. The van der Waals surface area contributed by atoms with Crippen LogP contribution in [0.15, 0.2) is 66.9 Å². The maximum Gasteiger partial charge on any atom is 0.546 e. The fourth-order valence-corrected chi connectivity index (χ4v) is 7.67. The number of ether oxygens (including phenoxy) is 1. The number of aliphatic hydroxyl groups excluding tert-OH is 2. The molecule has 1 aliphatic heterocycles. The predicted octanol–water partition coefficient (Wildman–Crippen LogP) is 2.68. The van der Waals surface area contributed by atoms with E-state index in [0.717, 1.165) is 40.8 Å². The van der Waals surface area contributed by atoms with Crippen molar-refractivity contribution in [3.8, 4) is 11.3 Å². The number of imidazole rings is 1. The summed E-state index contributed by atoms with van der Waals surface area (Å²) in [5.41, 5.74) is -0.763. The summed E-state index contributed by atoms with van der Waals surface area (Å²) < 4.78 is 37.0. The van der Waals surface area contributed by atoms with Gasteiger partial charge in [-0.2, -0.15) is 4.99 Å². The van der Waals surface area contributed by atoms with Crippen molar-refractivity contribution in [2.24, 2.45) is 11.3 Å². The summed E-state index contributed by atoms with van der Waals surface area (Å²) in [7, 11) is 0. The van der Waals surface area contributed by atoms with Crippen LogP contribution in [0.3, 0.4) is 0 Å². The van der Waals surface area contributed by atoms with Crippen LogP contribution in [-0.4, -0.2) is 109 Å². The van der Waals surface area contributed by atoms with Gasteiger partial charge in [0.15, 0.2) is 0 Å². The summed E-state index contributed by atoms with van der Waals surface area (Å²) in [6, 6.07) is 9.67. The minimum Gasteiger partial charge on any atom is -0.430 e. The Bertz CT molecular complexity index is 2130. The predicted molar refractivity (Wildman–Crippen MR) is 220 cm³/mol. The van der Waals surface area contributed by atoms with Crippen molar-refractivity contribution in [1.82, 2.24) is 30.0 Å². The largest absolute Gasteiger partial charge is 0.546 e. The molecule has 2 aromatic carbocycles. The number of imide groups is 1. The Kier molecular flexibility index (Phi) is 14.8. The highest BCUT2D eigenvalue weighted by Gasteiger charge is 2.41. The molecule has 5 amide bonds. The van der Waals surface area contributed by atoms with E-state index in [-0.39, 0.29) is 49.8 Å². The lowest BCUT2D eigenvalue weighted by atomic mass is 9.84. The minimum atomic E-state index is -1.23. The number of aromatic nitrogens is 2. The van der Waals surface area contributed by atoms with Gasteiger partial charge in [0.1, 0.15) is 29.7 Å². The number of aliphatic hydroxyl groups is 2. The standard InChI is InChI=1S/C44H55F2N7O8/c1-43(2,3)38(39-48-34(30-23-28(45)15-16-31(30)46)25-51(39)24-27-11-8-7-9-12-27)53(37(57)26-54)21-19-33(50-42(60)61-44(4,5)6)41(59)49-32-14-10-13-29(32)40(58)47-20-22-52-35(55)17-18-36(52)56/h7-9,11-12,15-18,23,25,29,32-33,38,54H,10,13-14,19-22,24,26H2,1-6H3,(H,47,58)(H,49,59)(H,50,60)/p+1/t29-,32+,33-,38-/m0/s1. The van der Waals surface area contributed by atoms with Gasteiger partial charge in [-0.15, -0.1) is 0 Å². The molecule has 5 N–H and O–H groups in total. The maximum atomic E-state index is 15.2. The number of rotatable bonds is 16. The molecule has 0 saturated heterocycles. The Labute approximate surface area is 353 Å². The number of nitrogens with one attached hydrogen (secondary N) is 3. The van der Waals surface area contributed by atoms with Gasteiger partial charge >= 0.3 is 6.08 Å². The van der Waals surface area contributed by atoms with Gasteiger partial charge in [-0.25, -0.2) is 13.8 Å². The number of benzene rings is 2. The number of hydrogen-bond acceptors (Lipinski definition) is 8. The van der Waals surface area contributed by atoms with Gasteiger partial charge in [0.25, 0.3) is 17.7 Å². The Morgan fingerprint density at radius 1 is 1.02 bits per heavy atom. The van der Waals surface area contributed by atoms with Crippen LogP contribution in [-0.2, 0) is 35.3 Å². The van der Waals surface area contributed by atoms with Crippen molar-refractivity contribution in [2.45, 2.75) is 97.5 Å². The van der Waals surface area contributed by atoms with Gasteiger partial charge in [-0.3, -0.25) is 28.9 Å². The molecule has 1 aliphatic carbocycles. The van der Waals surface area contributed by atoms with E-state index in [1.54, 1.807) is 31.5 Å². The van der Waals surface area contributed by atoms with Crippen LogP contribution in [0.2, 0.25) is 0 Å². The average Bonchev–Trinajstić information content (AvgIpc) is 3.91. The summed E-state index contributed by atoms with van der Waals surface area (Å²) in [4.78, 5) is 75.2. The van der Waals surface area contributed by atoms with Crippen LogP contribution >= 0.6 is 0 Å². The van der Waals surface area contributed by atoms with Gasteiger partial charge in [0.05, 0.1) is 17.7 Å². The molecule has 15 nitrogen and oxygen atoms in total. The van der Waals surface area contributed by atoms with E-state index in [1.807, 2.05) is 51.1 Å². The van der Waals surface area contributed by atoms with E-state index in [1.165, 1.54) is 4.90 Å². The van der Waals surface area contributed by atoms with Gasteiger partial charge in [0, 0.05) is 62.6 Å². The third-order valence-corrected chi connectivity index (χ3v) is 10.4. The summed E-state index contributed by atoms with van der Waals surface area (Å²) in [5.74, 6) is -4.28. The fraction of sp³-hybridized carbons (Fsp3) is 0.477. The first kappa shape index (κ1) is 46.1. The topological polar surface area (TPSA) is 197 Å². The molecule has 4 atom stereocenters. The molecule has 0 spiro atoms. The molecule has 0 radical (unpaired) electrons. The van der Waals surface area contributed by atoms with Crippen molar-refractivity contribution in [3.05, 3.63) is 89.9 Å². The van der Waals surface area contributed by atoms with Crippen LogP contribution in [0, 0.1) is 23.0 Å². The number of halogens is 2. The summed E-state index contributed by atoms with van der Waals surface area (Å²) in [5, 5.41) is 26.9. The van der Waals surface area contributed by atoms with Gasteiger partial charge in [-0.05, 0) is 62.8 Å². The molecule has 1 saturated carbocycles. The van der Waals surface area contributed by atoms with Crippen molar-refractivity contribution < 1.29 is 52.7 Å². The van der Waals surface area contributed by atoms with Crippen LogP contribution in [0.1, 0.15) is 84.7 Å². The summed E-state index contributed by atoms with van der Waals surface area (Å²) >= 11 is 0. The van der Waals surface area contributed by atoms with Crippen LogP contribution in [0.25, 0.3) is 11.3 Å². The zero-order valence-corrected chi connectivity index (χ0v) is 35.4. The van der Waals surface area contributed by atoms with Crippen LogP contribution < -0.4 is 15.6 Å². The molecule has 328 valence electrons. The SMILES string of the molecule is CC(C)(C)OC(O)=[NH+][C@@H](CCN(C(=O)CO)[C@@H](c1nc(-c2cc(F)ccc2F)cn1Cc1ccccc1)C(C)(C)C)C(=O)N[C@@H]1CCC[C@@H]1C(=O)NCCN1C(=O)C=CC1=O. The second-order valence-corrected chi connectivity index (χ2v) is 17.3. The zero-order chi connectivity index (χ0) is 44.6. The molecule has 17 heteroatoms. The molecular weight excluding hydrogens is 793 g/mol. The fourth-order valence-electron chi connectivity index (χ4n) is 7.67.